The number of β-amino-alcohol motifs (C(OH)–C–C–N with tert-alkyl or cyclic N) is 1. The van der Waals surface area contributed by atoms with Crippen molar-refractivity contribution in [1.82, 2.24) is 14.7 Å². The number of ether oxygens (including phenoxy) is 1. The summed E-state index contributed by atoms with van der Waals surface area (Å²) in [4.78, 5) is 7.22. The van der Waals surface area contributed by atoms with Gasteiger partial charge in [0.2, 0.25) is 0 Å². The summed E-state index contributed by atoms with van der Waals surface area (Å²) >= 11 is 0. The Morgan fingerprint density at radius 3 is 2.45 bits per heavy atom. The lowest BCUT2D eigenvalue weighted by atomic mass is 9.98. The first kappa shape index (κ1) is 20.4. The highest BCUT2D eigenvalue weighted by Crippen LogP contribution is 2.22. The maximum absolute atomic E-state index is 10.8. The zero-order chi connectivity index (χ0) is 20.1. The third-order valence-corrected chi connectivity index (χ3v) is 6.19. The Labute approximate surface area is 174 Å². The lowest BCUT2D eigenvalue weighted by Crippen LogP contribution is -2.58. The average molecular weight is 396 g/mol. The minimum absolute atomic E-state index is 0.273. The number of likely N-dealkylation sites (N-methyl/N-ethyl adjacent to an activating group) is 1. The Morgan fingerprint density at radius 2 is 1.69 bits per heavy atom. The first-order chi connectivity index (χ1) is 14.2. The van der Waals surface area contributed by atoms with Gasteiger partial charge in [0.1, 0.15) is 12.4 Å². The summed E-state index contributed by atoms with van der Waals surface area (Å²) in [6.07, 6.45) is 0.763. The second-order valence-electron chi connectivity index (χ2n) is 8.42. The number of nitrogens with zero attached hydrogens (tertiary/aromatic N) is 3. The first-order valence-electron chi connectivity index (χ1n) is 10.8. The fourth-order valence-corrected chi connectivity index (χ4v) is 4.44. The van der Waals surface area contributed by atoms with E-state index in [9.17, 15) is 5.11 Å². The molecule has 2 saturated heterocycles. The Bertz CT molecular complexity index is 762. The maximum atomic E-state index is 10.8. The summed E-state index contributed by atoms with van der Waals surface area (Å²) in [6.45, 7) is 7.55. The monoisotopic (exact) mass is 395 g/mol. The van der Waals surface area contributed by atoms with E-state index in [0.717, 1.165) is 58.0 Å². The third-order valence-electron chi connectivity index (χ3n) is 6.19. The SMILES string of the molecule is CN1CCN([C@@H]2CCN(Cc3cccc(OCc4ccccc4)c3)C[C@H]2O)CC1. The summed E-state index contributed by atoms with van der Waals surface area (Å²) in [7, 11) is 2.17. The molecule has 5 nitrogen and oxygen atoms in total. The Hall–Kier alpha value is -1.92. The highest BCUT2D eigenvalue weighted by atomic mass is 16.5. The fraction of sp³-hybridized carbons (Fsp3) is 0.500. The van der Waals surface area contributed by atoms with Crippen LogP contribution in [-0.4, -0.2) is 78.3 Å². The van der Waals surface area contributed by atoms with Crippen LogP contribution in [-0.2, 0) is 13.2 Å². The molecule has 2 heterocycles. The molecule has 0 aliphatic carbocycles. The number of piperazine rings is 1. The van der Waals surface area contributed by atoms with Crippen LogP contribution in [0.1, 0.15) is 17.5 Å². The Kier molecular flexibility index (Phi) is 6.82. The van der Waals surface area contributed by atoms with Gasteiger partial charge in [-0.05, 0) is 36.7 Å². The molecule has 29 heavy (non-hydrogen) atoms. The van der Waals surface area contributed by atoms with E-state index in [1.165, 1.54) is 11.1 Å². The fourth-order valence-electron chi connectivity index (χ4n) is 4.44. The zero-order valence-electron chi connectivity index (χ0n) is 17.4. The van der Waals surface area contributed by atoms with Crippen molar-refractivity contribution in [3.8, 4) is 5.75 Å². The molecule has 4 rings (SSSR count). The molecule has 2 atom stereocenters. The van der Waals surface area contributed by atoms with Crippen molar-refractivity contribution in [3.63, 3.8) is 0 Å². The van der Waals surface area contributed by atoms with Gasteiger partial charge in [0.25, 0.3) is 0 Å². The van der Waals surface area contributed by atoms with Crippen LogP contribution < -0.4 is 4.74 Å². The highest BCUT2D eigenvalue weighted by molar-refractivity contribution is 5.29. The maximum Gasteiger partial charge on any atom is 0.120 e. The number of hydrogen-bond donors (Lipinski definition) is 1. The van der Waals surface area contributed by atoms with E-state index in [1.54, 1.807) is 0 Å². The van der Waals surface area contributed by atoms with Gasteiger partial charge in [-0.3, -0.25) is 9.80 Å². The molecule has 0 bridgehead atoms. The van der Waals surface area contributed by atoms with Crippen LogP contribution in [0.25, 0.3) is 0 Å². The van der Waals surface area contributed by atoms with Crippen LogP contribution >= 0.6 is 0 Å². The van der Waals surface area contributed by atoms with Gasteiger partial charge in [-0.2, -0.15) is 0 Å². The largest absolute Gasteiger partial charge is 0.489 e. The number of aliphatic hydroxyl groups excluding tert-OH is 1. The van der Waals surface area contributed by atoms with Gasteiger partial charge in [0, 0.05) is 51.9 Å². The zero-order valence-corrected chi connectivity index (χ0v) is 17.4. The van der Waals surface area contributed by atoms with Crippen molar-refractivity contribution < 1.29 is 9.84 Å². The summed E-state index contributed by atoms with van der Waals surface area (Å²) in [5.74, 6) is 0.902. The number of benzene rings is 2. The second kappa shape index (κ2) is 9.72. The summed E-state index contributed by atoms with van der Waals surface area (Å²) in [5, 5.41) is 10.8. The van der Waals surface area contributed by atoms with E-state index >= 15 is 0 Å². The smallest absolute Gasteiger partial charge is 0.120 e. The van der Waals surface area contributed by atoms with Crippen LogP contribution in [0.2, 0.25) is 0 Å². The van der Waals surface area contributed by atoms with Crippen molar-refractivity contribution >= 4 is 0 Å². The molecule has 0 aromatic heterocycles. The van der Waals surface area contributed by atoms with Gasteiger partial charge < -0.3 is 14.7 Å². The van der Waals surface area contributed by atoms with Crippen molar-refractivity contribution in [2.75, 3.05) is 46.3 Å². The van der Waals surface area contributed by atoms with Gasteiger partial charge in [0.05, 0.1) is 6.10 Å². The van der Waals surface area contributed by atoms with Crippen LogP contribution in [0, 0.1) is 0 Å². The molecular weight excluding hydrogens is 362 g/mol. The lowest BCUT2D eigenvalue weighted by molar-refractivity contribution is -0.0286. The van der Waals surface area contributed by atoms with Crippen LogP contribution in [0.3, 0.4) is 0 Å². The molecule has 0 spiro atoms. The van der Waals surface area contributed by atoms with E-state index in [1.807, 2.05) is 24.3 Å². The van der Waals surface area contributed by atoms with Crippen molar-refractivity contribution in [2.24, 2.45) is 0 Å². The molecule has 0 saturated carbocycles. The van der Waals surface area contributed by atoms with Crippen LogP contribution in [0.5, 0.6) is 5.75 Å². The topological polar surface area (TPSA) is 39.2 Å². The molecule has 2 fully saturated rings. The van der Waals surface area contributed by atoms with E-state index < -0.39 is 0 Å². The highest BCUT2D eigenvalue weighted by Gasteiger charge is 2.33. The number of piperidine rings is 1. The van der Waals surface area contributed by atoms with Gasteiger partial charge in [-0.1, -0.05) is 42.5 Å². The number of likely N-dealkylation sites (tertiary alicyclic amines) is 1. The first-order valence-corrected chi connectivity index (χ1v) is 10.8. The molecule has 156 valence electrons. The molecule has 2 aliphatic heterocycles. The van der Waals surface area contributed by atoms with Crippen molar-refractivity contribution in [1.29, 1.82) is 0 Å². The molecule has 2 aliphatic rings. The minimum Gasteiger partial charge on any atom is -0.489 e. The summed E-state index contributed by atoms with van der Waals surface area (Å²) in [5.41, 5.74) is 2.41. The predicted octanol–water partition coefficient (Wildman–Crippen LogP) is 2.45. The normalized spacial score (nSPS) is 24.5. The third kappa shape index (κ3) is 5.58. The van der Waals surface area contributed by atoms with Gasteiger partial charge in [-0.15, -0.1) is 0 Å². The molecule has 2 aromatic carbocycles. The molecule has 5 heteroatoms. The molecule has 0 radical (unpaired) electrons. The summed E-state index contributed by atoms with van der Waals surface area (Å²) in [6, 6.07) is 18.9. The van der Waals surface area contributed by atoms with Crippen LogP contribution in [0.15, 0.2) is 54.6 Å². The van der Waals surface area contributed by atoms with Crippen molar-refractivity contribution in [3.05, 3.63) is 65.7 Å². The van der Waals surface area contributed by atoms with E-state index in [4.69, 9.17) is 4.74 Å². The Balaban J connectivity index is 1.28. The lowest BCUT2D eigenvalue weighted by Gasteiger charge is -2.44. The predicted molar refractivity (Wildman–Crippen MR) is 116 cm³/mol. The van der Waals surface area contributed by atoms with E-state index in [0.29, 0.717) is 12.6 Å². The van der Waals surface area contributed by atoms with E-state index in [-0.39, 0.29) is 6.10 Å². The number of rotatable bonds is 6. The number of hydrogen-bond acceptors (Lipinski definition) is 5. The molecular formula is C24H33N3O2. The van der Waals surface area contributed by atoms with Crippen LogP contribution in [0.4, 0.5) is 0 Å². The second-order valence-corrected chi connectivity index (χ2v) is 8.42. The van der Waals surface area contributed by atoms with Gasteiger partial charge >= 0.3 is 0 Å². The Morgan fingerprint density at radius 1 is 0.931 bits per heavy atom. The quantitative estimate of drug-likeness (QED) is 0.814. The van der Waals surface area contributed by atoms with Crippen molar-refractivity contribution in [2.45, 2.75) is 31.7 Å². The molecule has 0 amide bonds. The minimum atomic E-state index is -0.273. The van der Waals surface area contributed by atoms with Gasteiger partial charge in [0.15, 0.2) is 0 Å². The molecule has 2 aromatic rings. The van der Waals surface area contributed by atoms with Gasteiger partial charge in [-0.25, -0.2) is 0 Å². The molecule has 0 unspecified atom stereocenters. The van der Waals surface area contributed by atoms with E-state index in [2.05, 4.69) is 52.1 Å². The molecule has 1 N–H and O–H groups in total. The standard InChI is InChI=1S/C24H33N3O2/c1-25-12-14-27(15-13-25)23-10-11-26(18-24(23)28)17-21-8-5-9-22(16-21)29-19-20-6-3-2-4-7-20/h2-9,16,23-24,28H,10-15,17-19H2,1H3/t23-,24-/m1/s1. The number of aliphatic hydroxyl groups is 1. The summed E-state index contributed by atoms with van der Waals surface area (Å²) < 4.78 is 5.97. The average Bonchev–Trinajstić information content (AvgIpc) is 2.74.